The molecule has 1 N–H and O–H groups in total. The third-order valence-corrected chi connectivity index (χ3v) is 6.38. The maximum absolute atomic E-state index is 12.3. The van der Waals surface area contributed by atoms with Gasteiger partial charge >= 0.3 is 0 Å². The highest BCUT2D eigenvalue weighted by Gasteiger charge is 2.19. The van der Waals surface area contributed by atoms with Crippen molar-refractivity contribution in [1.29, 1.82) is 0 Å². The zero-order valence-corrected chi connectivity index (χ0v) is 18.8. The summed E-state index contributed by atoms with van der Waals surface area (Å²) >= 11 is 4.78. The van der Waals surface area contributed by atoms with E-state index in [1.165, 1.54) is 17.4 Å². The number of anilines is 3. The Bertz CT molecular complexity index is 996. The normalized spacial score (nSPS) is 13.9. The lowest BCUT2D eigenvalue weighted by Crippen LogP contribution is -2.46. The Labute approximate surface area is 188 Å². The number of para-hydroxylation sites is 2. The molecular weight excluding hydrogens is 462 g/mol. The van der Waals surface area contributed by atoms with Gasteiger partial charge < -0.3 is 15.1 Å². The van der Waals surface area contributed by atoms with Gasteiger partial charge in [0, 0.05) is 42.5 Å². The van der Waals surface area contributed by atoms with Crippen LogP contribution in [0, 0.1) is 0 Å². The van der Waals surface area contributed by atoms with Gasteiger partial charge in [0.2, 0.25) is 5.91 Å². The number of hydrogen-bond acceptors (Lipinski definition) is 6. The molecule has 3 aromatic rings. The standard InChI is InChI=1S/C22H22BrN5OS/c23-18-8-4-5-9-19(18)25-21(29)16-30-22-24-11-10-20(26-22)28-14-12-27(13-15-28)17-6-2-1-3-7-17/h1-11H,12-16H2,(H,25,29). The number of amides is 1. The van der Waals surface area contributed by atoms with E-state index in [0.717, 1.165) is 42.2 Å². The van der Waals surface area contributed by atoms with Gasteiger partial charge in [-0.15, -0.1) is 0 Å². The van der Waals surface area contributed by atoms with Crippen LogP contribution in [0.4, 0.5) is 17.2 Å². The summed E-state index contributed by atoms with van der Waals surface area (Å²) in [6.45, 7) is 3.70. The highest BCUT2D eigenvalue weighted by molar-refractivity contribution is 9.10. The number of benzene rings is 2. The van der Waals surface area contributed by atoms with E-state index in [4.69, 9.17) is 0 Å². The lowest BCUT2D eigenvalue weighted by atomic mass is 10.2. The van der Waals surface area contributed by atoms with Crippen LogP contribution in [0.5, 0.6) is 0 Å². The summed E-state index contributed by atoms with van der Waals surface area (Å²) in [6, 6.07) is 20.0. The summed E-state index contributed by atoms with van der Waals surface area (Å²) in [7, 11) is 0. The average Bonchev–Trinajstić information content (AvgIpc) is 2.80. The van der Waals surface area contributed by atoms with Gasteiger partial charge in [0.25, 0.3) is 0 Å². The van der Waals surface area contributed by atoms with Crippen LogP contribution in [0.2, 0.25) is 0 Å². The van der Waals surface area contributed by atoms with Crippen molar-refractivity contribution in [1.82, 2.24) is 9.97 Å². The van der Waals surface area contributed by atoms with Crippen molar-refractivity contribution in [3.8, 4) is 0 Å². The zero-order valence-electron chi connectivity index (χ0n) is 16.4. The number of carbonyl (C=O) groups excluding carboxylic acids is 1. The van der Waals surface area contributed by atoms with E-state index in [-0.39, 0.29) is 11.7 Å². The topological polar surface area (TPSA) is 61.4 Å². The molecule has 0 aliphatic carbocycles. The van der Waals surface area contributed by atoms with Crippen LogP contribution in [0.1, 0.15) is 0 Å². The molecule has 1 fully saturated rings. The average molecular weight is 484 g/mol. The second-order valence-corrected chi connectivity index (χ2v) is 8.62. The first kappa shape index (κ1) is 20.7. The number of rotatable bonds is 6. The third kappa shape index (κ3) is 5.31. The van der Waals surface area contributed by atoms with Gasteiger partial charge in [0.1, 0.15) is 5.82 Å². The molecule has 6 nitrogen and oxygen atoms in total. The number of thioether (sulfide) groups is 1. The Morgan fingerprint density at radius 2 is 1.67 bits per heavy atom. The minimum Gasteiger partial charge on any atom is -0.368 e. The zero-order chi connectivity index (χ0) is 20.8. The van der Waals surface area contributed by atoms with E-state index in [1.54, 1.807) is 6.20 Å². The highest BCUT2D eigenvalue weighted by atomic mass is 79.9. The van der Waals surface area contributed by atoms with Crippen molar-refractivity contribution in [2.75, 3.05) is 47.0 Å². The summed E-state index contributed by atoms with van der Waals surface area (Å²) in [6.07, 6.45) is 1.76. The summed E-state index contributed by atoms with van der Waals surface area (Å²) < 4.78 is 0.858. The van der Waals surface area contributed by atoms with E-state index in [2.05, 4.69) is 65.3 Å². The van der Waals surface area contributed by atoms with E-state index in [0.29, 0.717) is 5.16 Å². The minimum atomic E-state index is -0.0858. The van der Waals surface area contributed by atoms with Gasteiger partial charge in [-0.05, 0) is 46.3 Å². The molecule has 0 saturated carbocycles. The van der Waals surface area contributed by atoms with Gasteiger partial charge in [0.15, 0.2) is 5.16 Å². The molecule has 154 valence electrons. The fraction of sp³-hybridized carbons (Fsp3) is 0.227. The molecule has 1 aliphatic heterocycles. The SMILES string of the molecule is O=C(CSc1nccc(N2CCN(c3ccccc3)CC2)n1)Nc1ccccc1Br. The van der Waals surface area contributed by atoms with Crippen LogP contribution >= 0.6 is 27.7 Å². The first-order valence-corrected chi connectivity index (χ1v) is 11.5. The number of nitrogens with one attached hydrogen (secondary N) is 1. The number of nitrogens with zero attached hydrogens (tertiary/aromatic N) is 4. The molecule has 2 aromatic carbocycles. The van der Waals surface area contributed by atoms with Crippen LogP contribution in [-0.4, -0.2) is 47.8 Å². The lowest BCUT2D eigenvalue weighted by Gasteiger charge is -2.36. The predicted octanol–water partition coefficient (Wildman–Crippen LogP) is 4.30. The maximum Gasteiger partial charge on any atom is 0.234 e. The van der Waals surface area contributed by atoms with Crippen LogP contribution in [0.3, 0.4) is 0 Å². The Hall–Kier alpha value is -2.58. The third-order valence-electron chi connectivity index (χ3n) is 4.82. The van der Waals surface area contributed by atoms with Crippen LogP contribution in [0.25, 0.3) is 0 Å². The second-order valence-electron chi connectivity index (χ2n) is 6.82. The summed E-state index contributed by atoms with van der Waals surface area (Å²) in [5.41, 5.74) is 2.02. The van der Waals surface area contributed by atoms with E-state index in [9.17, 15) is 4.79 Å². The molecule has 0 unspecified atom stereocenters. The molecule has 1 saturated heterocycles. The first-order valence-electron chi connectivity index (χ1n) is 9.74. The molecule has 0 atom stereocenters. The Morgan fingerprint density at radius 3 is 2.43 bits per heavy atom. The van der Waals surface area contributed by atoms with Crippen molar-refractivity contribution in [2.24, 2.45) is 0 Å². The minimum absolute atomic E-state index is 0.0858. The number of hydrogen-bond donors (Lipinski definition) is 1. The first-order chi connectivity index (χ1) is 14.7. The van der Waals surface area contributed by atoms with E-state index in [1.807, 2.05) is 36.4 Å². The second kappa shape index (κ2) is 9.95. The van der Waals surface area contributed by atoms with Gasteiger partial charge in [0.05, 0.1) is 11.4 Å². The van der Waals surface area contributed by atoms with E-state index >= 15 is 0 Å². The van der Waals surface area contributed by atoms with Gasteiger partial charge in [-0.25, -0.2) is 9.97 Å². The summed E-state index contributed by atoms with van der Waals surface area (Å²) in [5.74, 6) is 1.08. The molecule has 2 heterocycles. The molecule has 1 aliphatic rings. The highest BCUT2D eigenvalue weighted by Crippen LogP contribution is 2.23. The number of carbonyl (C=O) groups is 1. The van der Waals surface area contributed by atoms with Crippen LogP contribution in [-0.2, 0) is 4.79 Å². The number of piperazine rings is 1. The van der Waals surface area contributed by atoms with Crippen LogP contribution in [0.15, 0.2) is 76.5 Å². The van der Waals surface area contributed by atoms with Crippen LogP contribution < -0.4 is 15.1 Å². The molecule has 0 spiro atoms. The Morgan fingerprint density at radius 1 is 0.967 bits per heavy atom. The fourth-order valence-electron chi connectivity index (χ4n) is 3.29. The number of aromatic nitrogens is 2. The van der Waals surface area contributed by atoms with Crippen molar-refractivity contribution in [3.05, 3.63) is 71.3 Å². The van der Waals surface area contributed by atoms with Crippen molar-refractivity contribution >= 4 is 50.8 Å². The van der Waals surface area contributed by atoms with Crippen molar-refractivity contribution in [3.63, 3.8) is 0 Å². The smallest absolute Gasteiger partial charge is 0.234 e. The lowest BCUT2D eigenvalue weighted by molar-refractivity contribution is -0.113. The quantitative estimate of drug-likeness (QED) is 0.416. The van der Waals surface area contributed by atoms with Gasteiger partial charge in [-0.2, -0.15) is 0 Å². The van der Waals surface area contributed by atoms with Crippen molar-refractivity contribution in [2.45, 2.75) is 5.16 Å². The monoisotopic (exact) mass is 483 g/mol. The van der Waals surface area contributed by atoms with E-state index < -0.39 is 0 Å². The molecule has 8 heteroatoms. The number of halogens is 1. The molecule has 30 heavy (non-hydrogen) atoms. The van der Waals surface area contributed by atoms with Gasteiger partial charge in [-0.3, -0.25) is 4.79 Å². The Kier molecular flexibility index (Phi) is 6.86. The van der Waals surface area contributed by atoms with Crippen molar-refractivity contribution < 1.29 is 4.79 Å². The fourth-order valence-corrected chi connectivity index (χ4v) is 4.30. The molecule has 0 bridgehead atoms. The summed E-state index contributed by atoms with van der Waals surface area (Å²) in [5, 5.41) is 3.51. The van der Waals surface area contributed by atoms with Gasteiger partial charge in [-0.1, -0.05) is 42.1 Å². The molecular formula is C22H22BrN5OS. The molecule has 1 aromatic heterocycles. The largest absolute Gasteiger partial charge is 0.368 e. The predicted molar refractivity (Wildman–Crippen MR) is 126 cm³/mol. The molecule has 1 amide bonds. The molecule has 4 rings (SSSR count). The maximum atomic E-state index is 12.3. The Balaban J connectivity index is 1.31. The molecule has 0 radical (unpaired) electrons. The summed E-state index contributed by atoms with van der Waals surface area (Å²) in [4.78, 5) is 25.9.